The van der Waals surface area contributed by atoms with E-state index in [2.05, 4.69) is 15.3 Å². The molecule has 0 bridgehead atoms. The number of halogens is 2. The molecule has 3 N–H and O–H groups in total. The first-order chi connectivity index (χ1) is 15.1. The van der Waals surface area contributed by atoms with Gasteiger partial charge in [0.05, 0.1) is 25.1 Å². The van der Waals surface area contributed by atoms with Crippen LogP contribution in [0.2, 0.25) is 5.28 Å². The van der Waals surface area contributed by atoms with Crippen LogP contribution in [0.3, 0.4) is 0 Å². The van der Waals surface area contributed by atoms with Crippen LogP contribution < -0.4 is 10.2 Å². The minimum atomic E-state index is -0.705. The third-order valence-electron chi connectivity index (χ3n) is 6.49. The number of β-amino-alcohol motifs (C(OH)–C–C–N with tert-alkyl or cyclic N) is 1. The average molecular weight is 472 g/mol. The summed E-state index contributed by atoms with van der Waals surface area (Å²) in [7, 11) is 0. The van der Waals surface area contributed by atoms with Crippen LogP contribution in [-0.2, 0) is 16.1 Å². The second-order valence-corrected chi connectivity index (χ2v) is 9.83. The normalized spacial score (nSPS) is 21.6. The van der Waals surface area contributed by atoms with Crippen LogP contribution in [0.4, 0.5) is 10.2 Å². The highest BCUT2D eigenvalue weighted by molar-refractivity contribution is 6.28. The number of hydroxylamine groups is 2. The first kappa shape index (κ1) is 24.6. The summed E-state index contributed by atoms with van der Waals surface area (Å²) in [4.78, 5) is 33.2. The van der Waals surface area contributed by atoms with E-state index in [0.717, 1.165) is 25.7 Å². The largest absolute Gasteiger partial charge is 0.391 e. The molecule has 2 heterocycles. The molecule has 0 aromatic carbocycles. The van der Waals surface area contributed by atoms with Gasteiger partial charge in [-0.1, -0.05) is 39.5 Å². The number of carbonyl (C=O) groups is 2. The molecular weight excluding hydrogens is 441 g/mol. The maximum atomic E-state index is 15.2. The van der Waals surface area contributed by atoms with Crippen molar-refractivity contribution in [1.29, 1.82) is 0 Å². The number of amides is 2. The summed E-state index contributed by atoms with van der Waals surface area (Å²) in [6, 6.07) is 0. The molecule has 2 atom stereocenters. The third-order valence-corrected chi connectivity index (χ3v) is 6.66. The Morgan fingerprint density at radius 2 is 2.09 bits per heavy atom. The number of nitrogens with zero attached hydrogens (tertiary/aromatic N) is 4. The molecule has 1 aromatic rings. The van der Waals surface area contributed by atoms with Crippen molar-refractivity contribution in [2.75, 3.05) is 24.5 Å². The van der Waals surface area contributed by atoms with Gasteiger partial charge in [0.2, 0.25) is 17.6 Å². The molecule has 1 aromatic heterocycles. The molecule has 1 saturated heterocycles. The van der Waals surface area contributed by atoms with Crippen molar-refractivity contribution in [2.45, 2.75) is 58.6 Å². The Kier molecular flexibility index (Phi) is 7.89. The van der Waals surface area contributed by atoms with E-state index in [9.17, 15) is 19.9 Å². The number of hydrogen-bond donors (Lipinski definition) is 3. The van der Waals surface area contributed by atoms with Gasteiger partial charge in [0.1, 0.15) is 5.69 Å². The third kappa shape index (κ3) is 5.85. The predicted octanol–water partition coefficient (Wildman–Crippen LogP) is 2.14. The Labute approximate surface area is 191 Å². The maximum Gasteiger partial charge on any atom is 0.233 e. The van der Waals surface area contributed by atoms with Gasteiger partial charge in [0.15, 0.2) is 11.6 Å². The molecule has 2 aliphatic rings. The van der Waals surface area contributed by atoms with Crippen LogP contribution in [0.1, 0.15) is 51.6 Å². The quantitative estimate of drug-likeness (QED) is 0.218. The van der Waals surface area contributed by atoms with Gasteiger partial charge in [-0.3, -0.25) is 14.8 Å². The fourth-order valence-electron chi connectivity index (χ4n) is 4.55. The van der Waals surface area contributed by atoms with E-state index >= 15 is 4.39 Å². The molecule has 1 aliphatic carbocycles. The zero-order valence-electron chi connectivity index (χ0n) is 18.4. The van der Waals surface area contributed by atoms with Gasteiger partial charge in [-0.15, -0.1) is 0 Å². The Morgan fingerprint density at radius 3 is 2.69 bits per heavy atom. The van der Waals surface area contributed by atoms with Gasteiger partial charge >= 0.3 is 0 Å². The summed E-state index contributed by atoms with van der Waals surface area (Å²) in [6.45, 7) is 4.02. The monoisotopic (exact) mass is 471 g/mol. The number of hydrogen-bond acceptors (Lipinski definition) is 7. The smallest absolute Gasteiger partial charge is 0.233 e. The van der Waals surface area contributed by atoms with E-state index in [-0.39, 0.29) is 42.8 Å². The van der Waals surface area contributed by atoms with Crippen molar-refractivity contribution in [3.63, 3.8) is 0 Å². The van der Waals surface area contributed by atoms with Crippen molar-refractivity contribution < 1.29 is 24.3 Å². The number of rotatable bonds is 9. The SMILES string of the molecule is CC1(C)CN(c2nc(Cl)nc(CNC(=O)[C@H](CC3CCCC3)CN(O)C=O)c2F)C[C@H]1O. The number of aliphatic hydroxyl groups is 1. The summed E-state index contributed by atoms with van der Waals surface area (Å²) < 4.78 is 15.2. The van der Waals surface area contributed by atoms with Crippen LogP contribution >= 0.6 is 11.6 Å². The van der Waals surface area contributed by atoms with Crippen molar-refractivity contribution in [3.8, 4) is 0 Å². The number of nitrogens with one attached hydrogen (secondary N) is 1. The summed E-state index contributed by atoms with van der Waals surface area (Å²) >= 11 is 6.02. The van der Waals surface area contributed by atoms with E-state index in [1.54, 1.807) is 4.90 Å². The van der Waals surface area contributed by atoms with E-state index in [1.165, 1.54) is 0 Å². The first-order valence-corrected chi connectivity index (χ1v) is 11.3. The summed E-state index contributed by atoms with van der Waals surface area (Å²) in [5.41, 5.74) is -0.496. The Hall–Kier alpha value is -2.04. The highest BCUT2D eigenvalue weighted by Crippen LogP contribution is 2.34. The molecule has 0 spiro atoms. The highest BCUT2D eigenvalue weighted by Gasteiger charge is 2.40. The number of anilines is 1. The Morgan fingerprint density at radius 1 is 1.41 bits per heavy atom. The molecule has 2 amide bonds. The molecule has 11 heteroatoms. The molecule has 9 nitrogen and oxygen atoms in total. The summed E-state index contributed by atoms with van der Waals surface area (Å²) in [5, 5.41) is 22.8. The number of aromatic nitrogens is 2. The van der Waals surface area contributed by atoms with Gasteiger partial charge in [-0.2, -0.15) is 4.98 Å². The fourth-order valence-corrected chi connectivity index (χ4v) is 4.74. The van der Waals surface area contributed by atoms with Crippen LogP contribution in [0.25, 0.3) is 0 Å². The lowest BCUT2D eigenvalue weighted by molar-refractivity contribution is -0.155. The Balaban J connectivity index is 1.71. The molecule has 0 radical (unpaired) electrons. The van der Waals surface area contributed by atoms with Crippen molar-refractivity contribution in [3.05, 3.63) is 16.8 Å². The molecule has 2 fully saturated rings. The molecule has 178 valence electrons. The van der Waals surface area contributed by atoms with Crippen LogP contribution in [0, 0.1) is 23.1 Å². The molecule has 32 heavy (non-hydrogen) atoms. The molecule has 0 unspecified atom stereocenters. The molecule has 3 rings (SSSR count). The second-order valence-electron chi connectivity index (χ2n) is 9.49. The van der Waals surface area contributed by atoms with Gasteiger partial charge in [0.25, 0.3) is 0 Å². The highest BCUT2D eigenvalue weighted by atomic mass is 35.5. The predicted molar refractivity (Wildman–Crippen MR) is 115 cm³/mol. The van der Waals surface area contributed by atoms with E-state index in [1.807, 2.05) is 13.8 Å². The van der Waals surface area contributed by atoms with Crippen molar-refractivity contribution >= 4 is 29.7 Å². The lowest BCUT2D eigenvalue weighted by atomic mass is 9.90. The van der Waals surface area contributed by atoms with Gasteiger partial charge in [-0.05, 0) is 23.9 Å². The van der Waals surface area contributed by atoms with Gasteiger partial charge < -0.3 is 15.3 Å². The topological polar surface area (TPSA) is 119 Å². The second kappa shape index (κ2) is 10.3. The molecular formula is C21H31ClFN5O4. The lowest BCUT2D eigenvalue weighted by Gasteiger charge is -2.23. The van der Waals surface area contributed by atoms with Crippen LogP contribution in [0.15, 0.2) is 0 Å². The average Bonchev–Trinajstić information content (AvgIpc) is 3.34. The molecule has 1 aliphatic heterocycles. The van der Waals surface area contributed by atoms with Crippen molar-refractivity contribution in [1.82, 2.24) is 20.3 Å². The lowest BCUT2D eigenvalue weighted by Crippen LogP contribution is -2.38. The van der Waals surface area contributed by atoms with Gasteiger partial charge in [-0.25, -0.2) is 14.4 Å². The maximum absolute atomic E-state index is 15.2. The van der Waals surface area contributed by atoms with E-state index in [0.29, 0.717) is 23.9 Å². The minimum Gasteiger partial charge on any atom is -0.391 e. The minimum absolute atomic E-state index is 0.0103. The van der Waals surface area contributed by atoms with Crippen LogP contribution in [0.5, 0.6) is 0 Å². The fraction of sp³-hybridized carbons (Fsp3) is 0.714. The van der Waals surface area contributed by atoms with E-state index < -0.39 is 29.2 Å². The Bertz CT molecular complexity index is 837. The standard InChI is InChI=1S/C21H31ClFN5O4/c1-21(2)11-27(10-16(21)30)18-17(23)15(25-20(22)26-18)8-24-19(31)14(9-28(32)12-29)7-13-5-3-4-6-13/h12-14,16,30,32H,3-11H2,1-2H3,(H,24,31)/t14-,16-/m1/s1. The number of aliphatic hydroxyl groups excluding tert-OH is 1. The zero-order valence-corrected chi connectivity index (χ0v) is 19.2. The summed E-state index contributed by atoms with van der Waals surface area (Å²) in [5.74, 6) is -1.38. The number of carbonyl (C=O) groups excluding carboxylic acids is 2. The van der Waals surface area contributed by atoms with Gasteiger partial charge in [0, 0.05) is 18.5 Å². The first-order valence-electron chi connectivity index (χ1n) is 10.9. The van der Waals surface area contributed by atoms with Crippen LogP contribution in [-0.4, -0.2) is 63.4 Å². The van der Waals surface area contributed by atoms with E-state index in [4.69, 9.17) is 11.6 Å². The zero-order chi connectivity index (χ0) is 23.5. The molecule has 1 saturated carbocycles. The summed E-state index contributed by atoms with van der Waals surface area (Å²) in [6.07, 6.45) is 4.37. The van der Waals surface area contributed by atoms with Crippen molar-refractivity contribution in [2.24, 2.45) is 17.3 Å².